The quantitative estimate of drug-likeness (QED) is 0.488. The van der Waals surface area contributed by atoms with Gasteiger partial charge in [-0.1, -0.05) is 62.3 Å². The maximum Gasteiger partial charge on any atom is -0.0906 e. The van der Waals surface area contributed by atoms with E-state index in [0.29, 0.717) is 15.1 Å². The summed E-state index contributed by atoms with van der Waals surface area (Å²) >= 11 is 0. The smallest absolute Gasteiger partial charge is 0.0906 e. The monoisotopic (exact) mass is 199 g/mol. The first kappa shape index (κ1) is 13.2. The molecule has 0 heterocycles. The normalized spacial score (nSPS) is 15.2. The van der Waals surface area contributed by atoms with Crippen molar-refractivity contribution in [1.29, 1.82) is 0 Å². The molecule has 0 fully saturated rings. The van der Waals surface area contributed by atoms with Gasteiger partial charge >= 0.3 is 0 Å². The average Bonchev–Trinajstić information content (AvgIpc) is 1.44. The first-order valence-electron chi connectivity index (χ1n) is 5.25. The fourth-order valence-corrected chi connectivity index (χ4v) is 10.1. The Balaban J connectivity index is 5.02. The van der Waals surface area contributed by atoms with Crippen molar-refractivity contribution in [1.82, 2.24) is 0 Å². The van der Waals surface area contributed by atoms with Crippen molar-refractivity contribution in [2.24, 2.45) is 0 Å². The molecule has 0 bridgehead atoms. The molecular formula is C12H27Si-. The Bertz CT molecular complexity index is 128. The molecule has 0 aliphatic carbocycles. The minimum Gasteiger partial charge on any atom is -0.239 e. The highest BCUT2D eigenvalue weighted by atomic mass is 28.3. The molecule has 80 valence electrons. The van der Waals surface area contributed by atoms with Crippen LogP contribution in [0.5, 0.6) is 0 Å². The Kier molecular flexibility index (Phi) is 3.47. The lowest BCUT2D eigenvalue weighted by Crippen LogP contribution is -2.42. The maximum atomic E-state index is 2.40. The molecule has 0 aromatic heterocycles. The van der Waals surface area contributed by atoms with E-state index in [-0.39, 0.29) is 0 Å². The summed E-state index contributed by atoms with van der Waals surface area (Å²) in [6.07, 6.45) is 0. The Hall–Kier alpha value is 0.217. The summed E-state index contributed by atoms with van der Waals surface area (Å²) < 4.78 is 0. The summed E-state index contributed by atoms with van der Waals surface area (Å²) in [6, 6.07) is 0. The standard InChI is InChI=1S/C12H27Si/c1-10(2,3)13(11(4,5)6)12(7,8)9/h1-9H3/q-1. The van der Waals surface area contributed by atoms with E-state index in [1.807, 2.05) is 0 Å². The third-order valence-corrected chi connectivity index (χ3v) is 6.75. The van der Waals surface area contributed by atoms with Crippen LogP contribution in [0.2, 0.25) is 15.1 Å². The zero-order chi connectivity index (χ0) is 11.1. The van der Waals surface area contributed by atoms with Crippen molar-refractivity contribution < 1.29 is 0 Å². The van der Waals surface area contributed by atoms with Gasteiger partial charge in [0, 0.05) is 0 Å². The summed E-state index contributed by atoms with van der Waals surface area (Å²) in [5.41, 5.74) is 0. The molecule has 0 aliphatic rings. The molecular weight excluding hydrogens is 172 g/mol. The molecule has 0 saturated heterocycles. The van der Waals surface area contributed by atoms with Crippen LogP contribution in [0.4, 0.5) is 0 Å². The summed E-state index contributed by atoms with van der Waals surface area (Å²) in [6.45, 7) is 21.6. The first-order valence-corrected chi connectivity index (χ1v) is 6.75. The zero-order valence-electron chi connectivity index (χ0n) is 11.0. The SMILES string of the molecule is CC(C)(C)[Si-](C(C)(C)C)C(C)(C)C. The van der Waals surface area contributed by atoms with Crippen LogP contribution in [0.3, 0.4) is 0 Å². The minimum atomic E-state index is -0.391. The molecule has 0 spiro atoms. The molecule has 0 N–H and O–H groups in total. The fourth-order valence-electron chi connectivity index (χ4n) is 3.38. The van der Waals surface area contributed by atoms with E-state index < -0.39 is 8.80 Å². The lowest BCUT2D eigenvalue weighted by Gasteiger charge is -2.61. The van der Waals surface area contributed by atoms with Gasteiger partial charge in [0.1, 0.15) is 0 Å². The van der Waals surface area contributed by atoms with Crippen LogP contribution in [0.1, 0.15) is 62.3 Å². The second-order valence-electron chi connectivity index (χ2n) is 7.12. The zero-order valence-corrected chi connectivity index (χ0v) is 12.0. The second kappa shape index (κ2) is 3.41. The molecule has 0 atom stereocenters. The van der Waals surface area contributed by atoms with Gasteiger partial charge in [-0.15, -0.1) is 0 Å². The van der Waals surface area contributed by atoms with Crippen molar-refractivity contribution >= 4 is 8.80 Å². The van der Waals surface area contributed by atoms with Gasteiger partial charge in [0.2, 0.25) is 0 Å². The van der Waals surface area contributed by atoms with E-state index in [2.05, 4.69) is 62.3 Å². The lowest BCUT2D eigenvalue weighted by molar-refractivity contribution is 0.568. The molecule has 1 heteroatoms. The van der Waals surface area contributed by atoms with Crippen molar-refractivity contribution in [3.63, 3.8) is 0 Å². The van der Waals surface area contributed by atoms with Crippen LogP contribution in [0, 0.1) is 0 Å². The highest BCUT2D eigenvalue weighted by Crippen LogP contribution is 2.52. The van der Waals surface area contributed by atoms with Gasteiger partial charge in [-0.05, 0) is 0 Å². The predicted octanol–water partition coefficient (Wildman–Crippen LogP) is 4.88. The topological polar surface area (TPSA) is 0 Å². The third kappa shape index (κ3) is 3.84. The van der Waals surface area contributed by atoms with Gasteiger partial charge in [0.05, 0.1) is 0 Å². The Morgan fingerprint density at radius 2 is 0.615 bits per heavy atom. The van der Waals surface area contributed by atoms with E-state index in [1.165, 1.54) is 0 Å². The molecule has 0 rings (SSSR count). The maximum absolute atomic E-state index is 2.40. The Labute approximate surface area is 86.7 Å². The van der Waals surface area contributed by atoms with Crippen LogP contribution in [0.15, 0.2) is 0 Å². The second-order valence-corrected chi connectivity index (χ2v) is 12.4. The summed E-state index contributed by atoms with van der Waals surface area (Å²) in [5, 5.41) is 1.46. The molecule has 0 aromatic carbocycles. The van der Waals surface area contributed by atoms with Crippen molar-refractivity contribution in [2.75, 3.05) is 0 Å². The van der Waals surface area contributed by atoms with Gasteiger partial charge < -0.3 is 0 Å². The lowest BCUT2D eigenvalue weighted by atomic mass is 10.2. The highest BCUT2D eigenvalue weighted by molar-refractivity contribution is 6.68. The van der Waals surface area contributed by atoms with Crippen LogP contribution >= 0.6 is 0 Å². The predicted molar refractivity (Wildman–Crippen MR) is 64.9 cm³/mol. The van der Waals surface area contributed by atoms with Gasteiger partial charge in [-0.25, -0.2) is 8.80 Å². The van der Waals surface area contributed by atoms with E-state index in [0.717, 1.165) is 0 Å². The van der Waals surface area contributed by atoms with E-state index in [1.54, 1.807) is 0 Å². The summed E-state index contributed by atoms with van der Waals surface area (Å²) in [7, 11) is -0.391. The number of rotatable bonds is 0. The molecule has 0 nitrogen and oxygen atoms in total. The van der Waals surface area contributed by atoms with E-state index >= 15 is 0 Å². The summed E-state index contributed by atoms with van der Waals surface area (Å²) in [5.74, 6) is 0. The van der Waals surface area contributed by atoms with E-state index in [4.69, 9.17) is 0 Å². The van der Waals surface area contributed by atoms with Gasteiger partial charge in [0.15, 0.2) is 0 Å². The molecule has 0 radical (unpaired) electrons. The number of hydrogen-bond acceptors (Lipinski definition) is 0. The third-order valence-electron chi connectivity index (χ3n) is 2.25. The van der Waals surface area contributed by atoms with Crippen LogP contribution in [-0.2, 0) is 0 Å². The van der Waals surface area contributed by atoms with Crippen molar-refractivity contribution in [3.05, 3.63) is 0 Å². The van der Waals surface area contributed by atoms with Crippen molar-refractivity contribution in [2.45, 2.75) is 77.4 Å². The van der Waals surface area contributed by atoms with Gasteiger partial charge in [0.25, 0.3) is 0 Å². The van der Waals surface area contributed by atoms with Gasteiger partial charge in [-0.2, -0.15) is 15.1 Å². The highest BCUT2D eigenvalue weighted by Gasteiger charge is 2.29. The number of hydrogen-bond donors (Lipinski definition) is 0. The largest absolute Gasteiger partial charge is 0.239 e. The molecule has 0 saturated carbocycles. The molecule has 0 amide bonds. The van der Waals surface area contributed by atoms with E-state index in [9.17, 15) is 0 Å². The molecule has 13 heavy (non-hydrogen) atoms. The average molecular weight is 199 g/mol. The molecule has 0 unspecified atom stereocenters. The van der Waals surface area contributed by atoms with Gasteiger partial charge in [-0.3, -0.25) is 0 Å². The van der Waals surface area contributed by atoms with Crippen LogP contribution in [0.25, 0.3) is 0 Å². The minimum absolute atomic E-state index is 0.391. The molecule has 0 aliphatic heterocycles. The summed E-state index contributed by atoms with van der Waals surface area (Å²) in [4.78, 5) is 0. The first-order chi connectivity index (χ1) is 5.37. The van der Waals surface area contributed by atoms with Crippen LogP contribution in [-0.4, -0.2) is 8.80 Å². The Morgan fingerprint density at radius 3 is 0.615 bits per heavy atom. The van der Waals surface area contributed by atoms with Crippen molar-refractivity contribution in [3.8, 4) is 0 Å². The van der Waals surface area contributed by atoms with Crippen LogP contribution < -0.4 is 0 Å². The fraction of sp³-hybridized carbons (Fsp3) is 1.00. The molecule has 0 aromatic rings. The Morgan fingerprint density at radius 1 is 0.462 bits per heavy atom.